The van der Waals surface area contributed by atoms with Crippen LogP contribution in [0.5, 0.6) is 0 Å². The van der Waals surface area contributed by atoms with Crippen LogP contribution < -0.4 is 10.6 Å². The Morgan fingerprint density at radius 3 is 1.94 bits per heavy atom. The van der Waals surface area contributed by atoms with Crippen LogP contribution in [0, 0.1) is 0 Å². The Kier molecular flexibility index (Phi) is 7.28. The fourth-order valence-electron chi connectivity index (χ4n) is 4.21. The van der Waals surface area contributed by atoms with E-state index in [-0.39, 0.29) is 12.5 Å². The van der Waals surface area contributed by atoms with E-state index in [0.29, 0.717) is 30.8 Å². The summed E-state index contributed by atoms with van der Waals surface area (Å²) in [5.74, 6) is -0.772. The number of hydrogen-bond acceptors (Lipinski definition) is 3. The standard InChI is InChI=1S/C27H26ClN3O3/c28-23-13-11-20(12-14-23)15-16-29-24(32)19-31-25(33)27(30-26(31)34,17-21-7-3-1-4-8-21)18-22-9-5-2-6-10-22/h1-14H,15-19H2,(H,29,32)(H,30,34). The van der Waals surface area contributed by atoms with Gasteiger partial charge in [-0.05, 0) is 35.2 Å². The molecule has 0 radical (unpaired) electrons. The van der Waals surface area contributed by atoms with Crippen LogP contribution in [0.25, 0.3) is 0 Å². The molecule has 3 aromatic carbocycles. The van der Waals surface area contributed by atoms with E-state index < -0.39 is 17.5 Å². The molecule has 3 aromatic rings. The highest BCUT2D eigenvalue weighted by molar-refractivity contribution is 6.30. The van der Waals surface area contributed by atoms with E-state index in [9.17, 15) is 14.4 Å². The van der Waals surface area contributed by atoms with Gasteiger partial charge in [-0.3, -0.25) is 14.5 Å². The fraction of sp³-hybridized carbons (Fsp3) is 0.222. The van der Waals surface area contributed by atoms with Gasteiger partial charge in [-0.2, -0.15) is 0 Å². The number of amides is 4. The first-order chi connectivity index (χ1) is 16.4. The van der Waals surface area contributed by atoms with Gasteiger partial charge in [0.15, 0.2) is 0 Å². The summed E-state index contributed by atoms with van der Waals surface area (Å²) in [7, 11) is 0. The summed E-state index contributed by atoms with van der Waals surface area (Å²) >= 11 is 5.90. The zero-order valence-corrected chi connectivity index (χ0v) is 19.4. The summed E-state index contributed by atoms with van der Waals surface area (Å²) in [6.45, 7) is 0.0693. The lowest BCUT2D eigenvalue weighted by molar-refractivity contribution is -0.135. The van der Waals surface area contributed by atoms with Gasteiger partial charge in [0.25, 0.3) is 5.91 Å². The smallest absolute Gasteiger partial charge is 0.325 e. The summed E-state index contributed by atoms with van der Waals surface area (Å²) in [4.78, 5) is 40.0. The van der Waals surface area contributed by atoms with Crippen LogP contribution in [0.1, 0.15) is 16.7 Å². The van der Waals surface area contributed by atoms with Crippen molar-refractivity contribution < 1.29 is 14.4 Å². The van der Waals surface area contributed by atoms with Crippen LogP contribution in [0.3, 0.4) is 0 Å². The molecular formula is C27H26ClN3O3. The summed E-state index contributed by atoms with van der Waals surface area (Å²) < 4.78 is 0. The Hall–Kier alpha value is -3.64. The minimum absolute atomic E-state index is 0.323. The summed E-state index contributed by atoms with van der Waals surface area (Å²) in [6.07, 6.45) is 1.29. The maximum absolute atomic E-state index is 13.6. The molecule has 0 saturated carbocycles. The number of carbonyl (C=O) groups excluding carboxylic acids is 3. The third-order valence-corrected chi connectivity index (χ3v) is 6.15. The zero-order chi connectivity index (χ0) is 24.0. The second-order valence-corrected chi connectivity index (χ2v) is 8.89. The van der Waals surface area contributed by atoms with Crippen molar-refractivity contribution in [2.24, 2.45) is 0 Å². The molecule has 0 spiro atoms. The molecule has 174 valence electrons. The zero-order valence-electron chi connectivity index (χ0n) is 18.7. The normalized spacial score (nSPS) is 14.7. The van der Waals surface area contributed by atoms with E-state index >= 15 is 0 Å². The number of carbonyl (C=O) groups is 3. The molecule has 0 aliphatic carbocycles. The molecule has 7 heteroatoms. The van der Waals surface area contributed by atoms with Crippen LogP contribution in [0.15, 0.2) is 84.9 Å². The lowest BCUT2D eigenvalue weighted by Crippen LogP contribution is -2.51. The number of imide groups is 1. The van der Waals surface area contributed by atoms with Gasteiger partial charge in [0, 0.05) is 24.4 Å². The van der Waals surface area contributed by atoms with Crippen LogP contribution in [-0.2, 0) is 28.9 Å². The first kappa shape index (κ1) is 23.5. The highest BCUT2D eigenvalue weighted by atomic mass is 35.5. The van der Waals surface area contributed by atoms with Crippen molar-refractivity contribution in [2.75, 3.05) is 13.1 Å². The maximum Gasteiger partial charge on any atom is 0.325 e. The number of nitrogens with one attached hydrogen (secondary N) is 2. The molecule has 0 aromatic heterocycles. The molecule has 2 N–H and O–H groups in total. The predicted octanol–water partition coefficient (Wildman–Crippen LogP) is 3.77. The average molecular weight is 476 g/mol. The molecule has 0 bridgehead atoms. The van der Waals surface area contributed by atoms with Gasteiger partial charge < -0.3 is 10.6 Å². The fourth-order valence-corrected chi connectivity index (χ4v) is 4.33. The third-order valence-electron chi connectivity index (χ3n) is 5.89. The van der Waals surface area contributed by atoms with Gasteiger partial charge >= 0.3 is 6.03 Å². The van der Waals surface area contributed by atoms with E-state index in [1.807, 2.05) is 72.8 Å². The van der Waals surface area contributed by atoms with E-state index in [2.05, 4.69) is 10.6 Å². The van der Waals surface area contributed by atoms with Crippen molar-refractivity contribution in [3.8, 4) is 0 Å². The molecule has 0 unspecified atom stereocenters. The Labute approximate surface area is 203 Å². The second kappa shape index (κ2) is 10.5. The molecule has 1 aliphatic rings. The first-order valence-electron chi connectivity index (χ1n) is 11.2. The van der Waals surface area contributed by atoms with E-state index in [1.165, 1.54) is 0 Å². The minimum atomic E-state index is -1.15. The minimum Gasteiger partial charge on any atom is -0.354 e. The molecule has 6 nitrogen and oxygen atoms in total. The van der Waals surface area contributed by atoms with Gasteiger partial charge in [-0.1, -0.05) is 84.4 Å². The second-order valence-electron chi connectivity index (χ2n) is 8.45. The van der Waals surface area contributed by atoms with Gasteiger partial charge in [0.2, 0.25) is 5.91 Å². The van der Waals surface area contributed by atoms with Crippen LogP contribution >= 0.6 is 11.6 Å². The molecule has 1 heterocycles. The number of hydrogen-bond donors (Lipinski definition) is 2. The largest absolute Gasteiger partial charge is 0.354 e. The Balaban J connectivity index is 1.44. The van der Waals surface area contributed by atoms with Crippen molar-refractivity contribution in [1.82, 2.24) is 15.5 Å². The van der Waals surface area contributed by atoms with Crippen LogP contribution in [-0.4, -0.2) is 41.4 Å². The van der Waals surface area contributed by atoms with Crippen LogP contribution in [0.4, 0.5) is 4.79 Å². The van der Waals surface area contributed by atoms with Gasteiger partial charge in [-0.15, -0.1) is 0 Å². The lowest BCUT2D eigenvalue weighted by Gasteiger charge is -2.27. The monoisotopic (exact) mass is 475 g/mol. The number of rotatable bonds is 9. The first-order valence-corrected chi connectivity index (χ1v) is 11.6. The van der Waals surface area contributed by atoms with Crippen molar-refractivity contribution in [3.05, 3.63) is 107 Å². The quantitative estimate of drug-likeness (QED) is 0.462. The van der Waals surface area contributed by atoms with E-state index in [1.54, 1.807) is 12.1 Å². The van der Waals surface area contributed by atoms with E-state index in [4.69, 9.17) is 11.6 Å². The maximum atomic E-state index is 13.6. The average Bonchev–Trinajstić information content (AvgIpc) is 3.05. The van der Waals surface area contributed by atoms with Gasteiger partial charge in [0.05, 0.1) is 0 Å². The molecular weight excluding hydrogens is 450 g/mol. The van der Waals surface area contributed by atoms with Gasteiger partial charge in [-0.25, -0.2) is 4.79 Å². The molecule has 1 fully saturated rings. The molecule has 4 rings (SSSR count). The Morgan fingerprint density at radius 2 is 1.38 bits per heavy atom. The number of nitrogens with zero attached hydrogens (tertiary/aromatic N) is 1. The number of benzene rings is 3. The van der Waals surface area contributed by atoms with Crippen molar-refractivity contribution in [1.29, 1.82) is 0 Å². The third kappa shape index (κ3) is 5.64. The molecule has 0 atom stereocenters. The highest BCUT2D eigenvalue weighted by Gasteiger charge is 2.51. The SMILES string of the molecule is O=C(CN1C(=O)NC(Cc2ccccc2)(Cc2ccccc2)C1=O)NCCc1ccc(Cl)cc1. The number of urea groups is 1. The molecule has 1 saturated heterocycles. The van der Waals surface area contributed by atoms with Crippen LogP contribution in [0.2, 0.25) is 5.02 Å². The highest BCUT2D eigenvalue weighted by Crippen LogP contribution is 2.27. The number of halogens is 1. The van der Waals surface area contributed by atoms with Crippen molar-refractivity contribution in [2.45, 2.75) is 24.8 Å². The van der Waals surface area contributed by atoms with E-state index in [0.717, 1.165) is 21.6 Å². The molecule has 34 heavy (non-hydrogen) atoms. The predicted molar refractivity (Wildman–Crippen MR) is 131 cm³/mol. The Bertz CT molecular complexity index is 1110. The Morgan fingerprint density at radius 1 is 0.824 bits per heavy atom. The summed E-state index contributed by atoms with van der Waals surface area (Å²) in [5.41, 5.74) is 1.75. The lowest BCUT2D eigenvalue weighted by atomic mass is 9.84. The molecule has 4 amide bonds. The van der Waals surface area contributed by atoms with Crippen molar-refractivity contribution >= 4 is 29.4 Å². The van der Waals surface area contributed by atoms with Crippen molar-refractivity contribution in [3.63, 3.8) is 0 Å². The summed E-state index contributed by atoms with van der Waals surface area (Å²) in [6, 6.07) is 26.0. The molecule has 1 aliphatic heterocycles. The van der Waals surface area contributed by atoms with Gasteiger partial charge in [0.1, 0.15) is 12.1 Å². The summed E-state index contributed by atoms with van der Waals surface area (Å²) in [5, 5.41) is 6.35. The topological polar surface area (TPSA) is 78.5 Å².